The molecule has 3 heterocycles. The number of hydrogen-bond acceptors (Lipinski definition) is 5. The molecule has 0 aliphatic rings. The molecule has 23 heavy (non-hydrogen) atoms. The minimum Gasteiger partial charge on any atom is -0.423 e. The van der Waals surface area contributed by atoms with Gasteiger partial charge in [-0.2, -0.15) is 10.2 Å². The van der Waals surface area contributed by atoms with E-state index in [4.69, 9.17) is 4.42 Å². The van der Waals surface area contributed by atoms with Crippen molar-refractivity contribution in [2.24, 2.45) is 0 Å². The predicted molar refractivity (Wildman–Crippen MR) is 88.2 cm³/mol. The van der Waals surface area contributed by atoms with Crippen molar-refractivity contribution in [1.29, 1.82) is 0 Å². The summed E-state index contributed by atoms with van der Waals surface area (Å²) in [5, 5.41) is 17.1. The molecule has 3 aromatic heterocycles. The highest BCUT2D eigenvalue weighted by Crippen LogP contribution is 2.21. The molecular formula is C15H19BrN6O. The molecule has 1 unspecified atom stereocenters. The minimum absolute atomic E-state index is 0.102. The highest BCUT2D eigenvalue weighted by molar-refractivity contribution is 9.10. The SMILES string of the molecule is Cc1cc(C)n(CCc2nnc(C(C)n3cc(Br)c(C)n3)o2)n1. The molecule has 0 aromatic carbocycles. The Bertz CT molecular complexity index is 798. The van der Waals surface area contributed by atoms with Crippen LogP contribution in [-0.2, 0) is 13.0 Å². The van der Waals surface area contributed by atoms with Crippen molar-refractivity contribution >= 4 is 15.9 Å². The van der Waals surface area contributed by atoms with Crippen molar-refractivity contribution in [3.05, 3.63) is 45.6 Å². The summed E-state index contributed by atoms with van der Waals surface area (Å²) in [5.74, 6) is 1.17. The van der Waals surface area contributed by atoms with Crippen LogP contribution in [-0.4, -0.2) is 29.8 Å². The smallest absolute Gasteiger partial charge is 0.240 e. The van der Waals surface area contributed by atoms with Crippen LogP contribution in [0.25, 0.3) is 0 Å². The number of aryl methyl sites for hydroxylation is 5. The Labute approximate surface area is 142 Å². The maximum atomic E-state index is 5.78. The zero-order chi connectivity index (χ0) is 16.6. The number of nitrogens with zero attached hydrogens (tertiary/aromatic N) is 6. The normalized spacial score (nSPS) is 12.7. The second-order valence-electron chi connectivity index (χ2n) is 5.65. The summed E-state index contributed by atoms with van der Waals surface area (Å²) in [5.41, 5.74) is 3.08. The highest BCUT2D eigenvalue weighted by atomic mass is 79.9. The summed E-state index contributed by atoms with van der Waals surface area (Å²) < 4.78 is 10.5. The van der Waals surface area contributed by atoms with Crippen molar-refractivity contribution < 1.29 is 4.42 Å². The number of aromatic nitrogens is 6. The molecule has 0 amide bonds. The number of hydrogen-bond donors (Lipinski definition) is 0. The molecule has 0 bridgehead atoms. The van der Waals surface area contributed by atoms with Gasteiger partial charge in [0.1, 0.15) is 6.04 Å². The van der Waals surface area contributed by atoms with Crippen molar-refractivity contribution in [2.45, 2.75) is 46.7 Å². The lowest BCUT2D eigenvalue weighted by molar-refractivity contribution is 0.380. The van der Waals surface area contributed by atoms with Crippen LogP contribution in [0.5, 0.6) is 0 Å². The first-order chi connectivity index (χ1) is 10.9. The second-order valence-corrected chi connectivity index (χ2v) is 6.51. The lowest BCUT2D eigenvalue weighted by atomic mass is 10.3. The summed E-state index contributed by atoms with van der Waals surface area (Å²) in [6, 6.07) is 1.95. The van der Waals surface area contributed by atoms with Crippen LogP contribution in [0.2, 0.25) is 0 Å². The van der Waals surface area contributed by atoms with E-state index in [0.29, 0.717) is 18.2 Å². The molecule has 0 aliphatic carbocycles. The lowest BCUT2D eigenvalue weighted by Crippen LogP contribution is -2.08. The molecule has 122 valence electrons. The van der Waals surface area contributed by atoms with Gasteiger partial charge in [-0.3, -0.25) is 9.36 Å². The van der Waals surface area contributed by atoms with Crippen LogP contribution in [0.1, 0.15) is 41.8 Å². The molecule has 0 N–H and O–H groups in total. The van der Waals surface area contributed by atoms with Gasteiger partial charge >= 0.3 is 0 Å². The zero-order valence-electron chi connectivity index (χ0n) is 13.6. The van der Waals surface area contributed by atoms with Crippen molar-refractivity contribution in [1.82, 2.24) is 29.8 Å². The monoisotopic (exact) mass is 378 g/mol. The average molecular weight is 379 g/mol. The molecule has 0 fully saturated rings. The summed E-state index contributed by atoms with van der Waals surface area (Å²) in [6.07, 6.45) is 2.57. The molecule has 7 nitrogen and oxygen atoms in total. The highest BCUT2D eigenvalue weighted by Gasteiger charge is 2.18. The zero-order valence-corrected chi connectivity index (χ0v) is 15.2. The van der Waals surface area contributed by atoms with E-state index >= 15 is 0 Å². The summed E-state index contributed by atoms with van der Waals surface area (Å²) in [7, 11) is 0. The quantitative estimate of drug-likeness (QED) is 0.681. The molecule has 3 aromatic rings. The Morgan fingerprint density at radius 2 is 2.00 bits per heavy atom. The summed E-state index contributed by atoms with van der Waals surface area (Å²) in [6.45, 7) is 8.68. The topological polar surface area (TPSA) is 74.6 Å². The molecule has 0 saturated heterocycles. The van der Waals surface area contributed by atoms with E-state index < -0.39 is 0 Å². The van der Waals surface area contributed by atoms with Crippen molar-refractivity contribution in [3.8, 4) is 0 Å². The Balaban J connectivity index is 1.69. The minimum atomic E-state index is -0.102. The Hall–Kier alpha value is -1.96. The molecule has 8 heteroatoms. The fourth-order valence-corrected chi connectivity index (χ4v) is 2.70. The maximum absolute atomic E-state index is 5.78. The van der Waals surface area contributed by atoms with Crippen molar-refractivity contribution in [2.75, 3.05) is 0 Å². The first kappa shape index (κ1) is 15.9. The van der Waals surface area contributed by atoms with Gasteiger partial charge in [0.2, 0.25) is 11.8 Å². The van der Waals surface area contributed by atoms with E-state index in [1.807, 2.05) is 43.3 Å². The Morgan fingerprint density at radius 3 is 2.61 bits per heavy atom. The Kier molecular flexibility index (Phi) is 4.34. The molecule has 1 atom stereocenters. The van der Waals surface area contributed by atoms with Crippen molar-refractivity contribution in [3.63, 3.8) is 0 Å². The molecule has 3 rings (SSSR count). The molecule has 0 radical (unpaired) electrons. The van der Waals surface area contributed by atoms with Gasteiger partial charge in [-0.25, -0.2) is 0 Å². The molecule has 0 aliphatic heterocycles. The van der Waals surface area contributed by atoms with E-state index in [1.54, 1.807) is 0 Å². The van der Waals surface area contributed by atoms with Gasteiger partial charge in [0.25, 0.3) is 0 Å². The van der Waals surface area contributed by atoms with Gasteiger partial charge in [0, 0.05) is 24.9 Å². The van der Waals surface area contributed by atoms with Gasteiger partial charge in [-0.15, -0.1) is 10.2 Å². The third-order valence-electron chi connectivity index (χ3n) is 3.73. The van der Waals surface area contributed by atoms with Crippen LogP contribution in [0, 0.1) is 20.8 Å². The first-order valence-electron chi connectivity index (χ1n) is 7.48. The molecule has 0 spiro atoms. The first-order valence-corrected chi connectivity index (χ1v) is 8.28. The Morgan fingerprint density at radius 1 is 1.22 bits per heavy atom. The molecular weight excluding hydrogens is 360 g/mol. The van der Waals surface area contributed by atoms with Crippen LogP contribution in [0.4, 0.5) is 0 Å². The third-order valence-corrected chi connectivity index (χ3v) is 4.51. The molecule has 0 saturated carbocycles. The van der Waals surface area contributed by atoms with Gasteiger partial charge in [0.05, 0.1) is 15.9 Å². The number of rotatable bonds is 5. The van der Waals surface area contributed by atoms with Gasteiger partial charge in [-0.1, -0.05) is 0 Å². The van der Waals surface area contributed by atoms with E-state index in [1.165, 1.54) is 0 Å². The van der Waals surface area contributed by atoms with E-state index in [2.05, 4.69) is 42.4 Å². The van der Waals surface area contributed by atoms with E-state index in [-0.39, 0.29) is 6.04 Å². The third kappa shape index (κ3) is 3.36. The van der Waals surface area contributed by atoms with Crippen LogP contribution < -0.4 is 0 Å². The maximum Gasteiger partial charge on any atom is 0.240 e. The lowest BCUT2D eigenvalue weighted by Gasteiger charge is -2.06. The second kappa shape index (κ2) is 6.27. The van der Waals surface area contributed by atoms with Gasteiger partial charge in [0.15, 0.2) is 0 Å². The fraction of sp³-hybridized carbons (Fsp3) is 0.467. The van der Waals surface area contributed by atoms with Crippen LogP contribution in [0.15, 0.2) is 21.2 Å². The van der Waals surface area contributed by atoms with E-state index in [0.717, 1.165) is 28.1 Å². The van der Waals surface area contributed by atoms with Crippen LogP contribution >= 0.6 is 15.9 Å². The van der Waals surface area contributed by atoms with Gasteiger partial charge < -0.3 is 4.42 Å². The van der Waals surface area contributed by atoms with Crippen LogP contribution in [0.3, 0.4) is 0 Å². The average Bonchev–Trinajstić information content (AvgIpc) is 3.17. The summed E-state index contributed by atoms with van der Waals surface area (Å²) in [4.78, 5) is 0. The fourth-order valence-electron chi connectivity index (χ4n) is 2.41. The number of halogens is 1. The summed E-state index contributed by atoms with van der Waals surface area (Å²) >= 11 is 3.46. The standard InChI is InChI=1S/C15H19BrN6O/c1-9-7-10(2)21(19-9)6-5-14-17-18-15(23-14)12(4)22-8-13(16)11(3)20-22/h7-8,12H,5-6H2,1-4H3. The van der Waals surface area contributed by atoms with E-state index in [9.17, 15) is 0 Å². The largest absolute Gasteiger partial charge is 0.423 e. The predicted octanol–water partition coefficient (Wildman–Crippen LogP) is 3.00. The van der Waals surface area contributed by atoms with Gasteiger partial charge in [-0.05, 0) is 49.7 Å².